The molecule has 0 fully saturated rings. The van der Waals surface area contributed by atoms with Crippen LogP contribution in [0, 0.1) is 0 Å². The Hall–Kier alpha value is -0.270. The van der Waals surface area contributed by atoms with Crippen molar-refractivity contribution in [3.05, 3.63) is 26.6 Å². The summed E-state index contributed by atoms with van der Waals surface area (Å²) in [5.41, 5.74) is 6.40. The van der Waals surface area contributed by atoms with Gasteiger partial charge in [0.2, 0.25) is 0 Å². The van der Waals surface area contributed by atoms with Crippen LogP contribution in [0.2, 0.25) is 0 Å². The molecular formula is C11H12Br2F3NO. The molecule has 0 bridgehead atoms. The van der Waals surface area contributed by atoms with Crippen molar-refractivity contribution >= 4 is 31.9 Å². The van der Waals surface area contributed by atoms with Gasteiger partial charge in [-0.05, 0) is 56.0 Å². The van der Waals surface area contributed by atoms with Gasteiger partial charge >= 0.3 is 6.18 Å². The van der Waals surface area contributed by atoms with Crippen LogP contribution in [0.1, 0.15) is 18.4 Å². The van der Waals surface area contributed by atoms with Crippen molar-refractivity contribution in [2.45, 2.75) is 25.6 Å². The Morgan fingerprint density at radius 1 is 1.17 bits per heavy atom. The average Bonchev–Trinajstić information content (AvgIpc) is 2.25. The lowest BCUT2D eigenvalue weighted by Crippen LogP contribution is -2.10. The molecule has 0 heterocycles. The van der Waals surface area contributed by atoms with Gasteiger partial charge in [0.15, 0.2) is 0 Å². The van der Waals surface area contributed by atoms with Gasteiger partial charge in [-0.15, -0.1) is 0 Å². The predicted octanol–water partition coefficient (Wildman–Crippen LogP) is 4.39. The van der Waals surface area contributed by atoms with Gasteiger partial charge in [0, 0.05) is 13.0 Å². The zero-order chi connectivity index (χ0) is 13.8. The number of halogens is 5. The summed E-state index contributed by atoms with van der Waals surface area (Å²) in [6, 6.07) is 3.56. The molecule has 0 saturated heterocycles. The van der Waals surface area contributed by atoms with E-state index >= 15 is 0 Å². The van der Waals surface area contributed by atoms with Crippen LogP contribution in [0.15, 0.2) is 21.1 Å². The summed E-state index contributed by atoms with van der Waals surface area (Å²) in [6.07, 6.45) is -5.05. The number of hydrogen-bond donors (Lipinski definition) is 1. The van der Waals surface area contributed by atoms with E-state index in [1.807, 2.05) is 0 Å². The van der Waals surface area contributed by atoms with E-state index in [0.29, 0.717) is 21.2 Å². The van der Waals surface area contributed by atoms with E-state index < -0.39 is 12.6 Å². The van der Waals surface area contributed by atoms with Crippen molar-refractivity contribution in [2.75, 3.05) is 6.61 Å². The second-order valence-electron chi connectivity index (χ2n) is 3.66. The van der Waals surface area contributed by atoms with Crippen LogP contribution in [0.3, 0.4) is 0 Å². The monoisotopic (exact) mass is 389 g/mol. The van der Waals surface area contributed by atoms with E-state index in [4.69, 9.17) is 10.5 Å². The molecule has 18 heavy (non-hydrogen) atoms. The third-order valence-electron chi connectivity index (χ3n) is 2.14. The fourth-order valence-electron chi connectivity index (χ4n) is 1.31. The Bertz CT molecular complexity index is 387. The third-order valence-corrected chi connectivity index (χ3v) is 3.32. The highest BCUT2D eigenvalue weighted by molar-refractivity contribution is 9.11. The maximum absolute atomic E-state index is 12.0. The highest BCUT2D eigenvalue weighted by Crippen LogP contribution is 2.35. The molecule has 0 aliphatic rings. The molecule has 7 heteroatoms. The first kappa shape index (κ1) is 15.8. The predicted molar refractivity (Wildman–Crippen MR) is 70.5 cm³/mol. The standard InChI is InChI=1S/C11H12Br2F3NO/c12-8-4-7(6-17)5-9(13)10(8)18-3-1-2-11(14,15)16/h4-5H,1-3,6,17H2. The van der Waals surface area contributed by atoms with Crippen LogP contribution >= 0.6 is 31.9 Å². The number of alkyl halides is 3. The zero-order valence-corrected chi connectivity index (χ0v) is 12.5. The summed E-state index contributed by atoms with van der Waals surface area (Å²) in [5, 5.41) is 0. The molecule has 2 N–H and O–H groups in total. The number of ether oxygens (including phenoxy) is 1. The van der Waals surface area contributed by atoms with Gasteiger partial charge in [0.1, 0.15) is 5.75 Å². The molecule has 1 rings (SSSR count). The van der Waals surface area contributed by atoms with Crippen molar-refractivity contribution in [3.63, 3.8) is 0 Å². The maximum atomic E-state index is 12.0. The molecule has 0 aliphatic heterocycles. The lowest BCUT2D eigenvalue weighted by atomic mass is 10.2. The molecule has 0 unspecified atom stereocenters. The largest absolute Gasteiger partial charge is 0.491 e. The summed E-state index contributed by atoms with van der Waals surface area (Å²) < 4.78 is 42.5. The molecule has 1 aromatic carbocycles. The Morgan fingerprint density at radius 3 is 2.17 bits per heavy atom. The van der Waals surface area contributed by atoms with Gasteiger partial charge in [0.25, 0.3) is 0 Å². The number of benzene rings is 1. The zero-order valence-electron chi connectivity index (χ0n) is 9.36. The fourth-order valence-corrected chi connectivity index (χ4v) is 2.83. The highest BCUT2D eigenvalue weighted by Gasteiger charge is 2.26. The van der Waals surface area contributed by atoms with Gasteiger partial charge in [-0.3, -0.25) is 0 Å². The highest BCUT2D eigenvalue weighted by atomic mass is 79.9. The topological polar surface area (TPSA) is 35.2 Å². The van der Waals surface area contributed by atoms with Gasteiger partial charge in [-0.1, -0.05) is 0 Å². The van der Waals surface area contributed by atoms with E-state index in [1.165, 1.54) is 0 Å². The summed E-state index contributed by atoms with van der Waals surface area (Å²) >= 11 is 6.60. The molecule has 0 atom stereocenters. The minimum atomic E-state index is -4.14. The number of hydrogen-bond acceptors (Lipinski definition) is 2. The average molecular weight is 391 g/mol. The van der Waals surface area contributed by atoms with Crippen molar-refractivity contribution in [1.29, 1.82) is 0 Å². The fraction of sp³-hybridized carbons (Fsp3) is 0.455. The first-order valence-corrected chi connectivity index (χ1v) is 6.79. The van der Waals surface area contributed by atoms with Crippen LogP contribution in [-0.2, 0) is 6.54 Å². The summed E-state index contributed by atoms with van der Waals surface area (Å²) in [5.74, 6) is 0.495. The van der Waals surface area contributed by atoms with E-state index in [2.05, 4.69) is 31.9 Å². The van der Waals surface area contributed by atoms with Gasteiger partial charge in [0.05, 0.1) is 15.6 Å². The van der Waals surface area contributed by atoms with Crippen molar-refractivity contribution in [3.8, 4) is 5.75 Å². The van der Waals surface area contributed by atoms with Crippen LogP contribution in [0.25, 0.3) is 0 Å². The molecule has 0 amide bonds. The van der Waals surface area contributed by atoms with E-state index in [9.17, 15) is 13.2 Å². The molecule has 0 radical (unpaired) electrons. The van der Waals surface area contributed by atoms with Crippen LogP contribution in [0.5, 0.6) is 5.75 Å². The molecule has 1 aromatic rings. The Kier molecular flexibility index (Phi) is 5.94. The number of nitrogens with two attached hydrogens (primary N) is 1. The molecule has 102 valence electrons. The molecule has 0 spiro atoms. The van der Waals surface area contributed by atoms with E-state index in [0.717, 1.165) is 5.56 Å². The molecule has 2 nitrogen and oxygen atoms in total. The van der Waals surface area contributed by atoms with Crippen LogP contribution in [0.4, 0.5) is 13.2 Å². The lowest BCUT2D eigenvalue weighted by Gasteiger charge is -2.12. The second-order valence-corrected chi connectivity index (χ2v) is 5.37. The summed E-state index contributed by atoms with van der Waals surface area (Å²) in [4.78, 5) is 0. The Morgan fingerprint density at radius 2 is 1.72 bits per heavy atom. The quantitative estimate of drug-likeness (QED) is 0.756. The first-order valence-electron chi connectivity index (χ1n) is 5.21. The minimum absolute atomic E-state index is 0.0126. The second kappa shape index (κ2) is 6.77. The molecule has 0 saturated carbocycles. The Labute approximate surface area is 120 Å². The van der Waals surface area contributed by atoms with E-state index in [1.54, 1.807) is 12.1 Å². The minimum Gasteiger partial charge on any atom is -0.491 e. The molecular weight excluding hydrogens is 379 g/mol. The normalized spacial score (nSPS) is 11.7. The molecule has 0 aromatic heterocycles. The number of rotatable bonds is 5. The third kappa shape index (κ3) is 5.16. The first-order chi connectivity index (χ1) is 8.33. The van der Waals surface area contributed by atoms with Crippen LogP contribution in [-0.4, -0.2) is 12.8 Å². The molecule has 0 aliphatic carbocycles. The summed E-state index contributed by atoms with van der Waals surface area (Å²) in [6.45, 7) is 0.393. The maximum Gasteiger partial charge on any atom is 0.389 e. The van der Waals surface area contributed by atoms with Crippen molar-refractivity contribution in [2.24, 2.45) is 5.73 Å². The van der Waals surface area contributed by atoms with Crippen LogP contribution < -0.4 is 10.5 Å². The van der Waals surface area contributed by atoms with Gasteiger partial charge in [-0.25, -0.2) is 0 Å². The van der Waals surface area contributed by atoms with Crippen molar-refractivity contribution in [1.82, 2.24) is 0 Å². The smallest absolute Gasteiger partial charge is 0.389 e. The SMILES string of the molecule is NCc1cc(Br)c(OCCCC(F)(F)F)c(Br)c1. The van der Waals surface area contributed by atoms with Gasteiger partial charge in [-0.2, -0.15) is 13.2 Å². The van der Waals surface area contributed by atoms with Gasteiger partial charge < -0.3 is 10.5 Å². The Balaban J connectivity index is 2.57. The lowest BCUT2D eigenvalue weighted by molar-refractivity contribution is -0.136. The van der Waals surface area contributed by atoms with Crippen molar-refractivity contribution < 1.29 is 17.9 Å². The summed E-state index contributed by atoms with van der Waals surface area (Å²) in [7, 11) is 0. The van der Waals surface area contributed by atoms with E-state index in [-0.39, 0.29) is 13.0 Å².